The average molecular weight is 302 g/mol. The smallest absolute Gasteiger partial charge is 0.287 e. The largest absolute Gasteiger partial charge is 0.396 e. The van der Waals surface area contributed by atoms with Crippen LogP contribution in [0.3, 0.4) is 0 Å². The molecule has 1 heterocycles. The first-order valence-corrected chi connectivity index (χ1v) is 7.58. The molecule has 0 radical (unpaired) electrons. The molecule has 0 aromatic carbocycles. The molecule has 0 saturated heterocycles. The highest BCUT2D eigenvalue weighted by molar-refractivity contribution is 6.32. The van der Waals surface area contributed by atoms with Crippen LogP contribution in [0.2, 0.25) is 5.02 Å². The number of anilines is 1. The van der Waals surface area contributed by atoms with E-state index >= 15 is 0 Å². The van der Waals surface area contributed by atoms with E-state index in [0.717, 1.165) is 25.7 Å². The first-order valence-electron chi connectivity index (χ1n) is 7.20. The van der Waals surface area contributed by atoms with Crippen molar-refractivity contribution in [1.82, 2.24) is 9.78 Å². The Hall–Kier alpha value is -1.07. The number of aliphatic hydroxyl groups is 1. The van der Waals surface area contributed by atoms with E-state index < -0.39 is 0 Å². The van der Waals surface area contributed by atoms with Gasteiger partial charge in [0.05, 0.1) is 11.9 Å². The summed E-state index contributed by atoms with van der Waals surface area (Å²) in [6, 6.07) is 0. The molecule has 0 aliphatic heterocycles. The Bertz CT molecular complexity index is 462. The summed E-state index contributed by atoms with van der Waals surface area (Å²) < 4.78 is 1.41. The monoisotopic (exact) mass is 301 g/mol. The number of unbranched alkanes of at least 4 members (excludes halogenated alkanes) is 1. The highest BCUT2D eigenvalue weighted by Gasteiger charge is 2.08. The fourth-order valence-electron chi connectivity index (χ4n) is 1.82. The summed E-state index contributed by atoms with van der Waals surface area (Å²) in [5, 5.41) is 16.4. The lowest BCUT2D eigenvalue weighted by Gasteiger charge is -2.11. The number of hydrogen-bond donors (Lipinski definition) is 2. The van der Waals surface area contributed by atoms with Crippen molar-refractivity contribution in [3.8, 4) is 0 Å². The third-order valence-corrected chi connectivity index (χ3v) is 3.57. The molecule has 0 fully saturated rings. The van der Waals surface area contributed by atoms with Crippen molar-refractivity contribution in [2.75, 3.05) is 18.5 Å². The van der Waals surface area contributed by atoms with Crippen molar-refractivity contribution in [1.29, 1.82) is 0 Å². The van der Waals surface area contributed by atoms with E-state index in [1.165, 1.54) is 4.68 Å². The van der Waals surface area contributed by atoms with Crippen LogP contribution in [-0.2, 0) is 6.54 Å². The molecule has 5 nitrogen and oxygen atoms in total. The second-order valence-corrected chi connectivity index (χ2v) is 5.49. The fraction of sp³-hybridized carbons (Fsp3) is 0.714. The minimum atomic E-state index is -0.242. The fourth-order valence-corrected chi connectivity index (χ4v) is 2.03. The van der Waals surface area contributed by atoms with Crippen LogP contribution >= 0.6 is 11.6 Å². The van der Waals surface area contributed by atoms with Crippen molar-refractivity contribution in [3.05, 3.63) is 21.6 Å². The molecular weight excluding hydrogens is 278 g/mol. The second kappa shape index (κ2) is 8.97. The highest BCUT2D eigenvalue weighted by Crippen LogP contribution is 2.15. The molecule has 0 bridgehead atoms. The van der Waals surface area contributed by atoms with Gasteiger partial charge in [-0.1, -0.05) is 31.9 Å². The van der Waals surface area contributed by atoms with Crippen molar-refractivity contribution in [2.24, 2.45) is 5.92 Å². The Balaban J connectivity index is 2.55. The Morgan fingerprint density at radius 2 is 2.25 bits per heavy atom. The number of aryl methyl sites for hydroxylation is 1. The maximum absolute atomic E-state index is 12.0. The zero-order chi connectivity index (χ0) is 15.0. The first-order chi connectivity index (χ1) is 9.60. The average Bonchev–Trinajstić information content (AvgIpc) is 2.46. The molecule has 20 heavy (non-hydrogen) atoms. The van der Waals surface area contributed by atoms with Crippen LogP contribution in [0.15, 0.2) is 11.0 Å². The summed E-state index contributed by atoms with van der Waals surface area (Å²) in [4.78, 5) is 12.0. The molecule has 1 aromatic rings. The maximum atomic E-state index is 12.0. The van der Waals surface area contributed by atoms with E-state index in [4.69, 9.17) is 16.7 Å². The van der Waals surface area contributed by atoms with E-state index in [1.54, 1.807) is 6.20 Å². The summed E-state index contributed by atoms with van der Waals surface area (Å²) in [6.45, 7) is 5.59. The normalized spacial score (nSPS) is 12.4. The van der Waals surface area contributed by atoms with Crippen LogP contribution in [0.1, 0.15) is 39.5 Å². The molecule has 0 aliphatic carbocycles. The number of aliphatic hydroxyl groups excluding tert-OH is 1. The van der Waals surface area contributed by atoms with Gasteiger partial charge >= 0.3 is 0 Å². The van der Waals surface area contributed by atoms with Gasteiger partial charge in [-0.3, -0.25) is 4.79 Å². The molecule has 1 atom stereocenters. The Morgan fingerprint density at radius 1 is 1.50 bits per heavy atom. The van der Waals surface area contributed by atoms with Gasteiger partial charge in [-0.2, -0.15) is 5.10 Å². The van der Waals surface area contributed by atoms with Gasteiger partial charge in [0.1, 0.15) is 5.02 Å². The minimum absolute atomic E-state index is 0.200. The molecule has 2 N–H and O–H groups in total. The molecule has 1 aromatic heterocycles. The summed E-state index contributed by atoms with van der Waals surface area (Å²) in [7, 11) is 0. The number of aromatic nitrogens is 2. The van der Waals surface area contributed by atoms with Gasteiger partial charge in [0.2, 0.25) is 0 Å². The van der Waals surface area contributed by atoms with Gasteiger partial charge in [-0.25, -0.2) is 4.68 Å². The molecule has 0 spiro atoms. The third kappa shape index (κ3) is 5.13. The number of rotatable bonds is 9. The van der Waals surface area contributed by atoms with Gasteiger partial charge in [-0.15, -0.1) is 0 Å². The first kappa shape index (κ1) is 17.0. The van der Waals surface area contributed by atoms with Crippen LogP contribution < -0.4 is 10.9 Å². The molecule has 6 heteroatoms. The number of nitrogens with one attached hydrogen (secondary N) is 1. The molecule has 1 unspecified atom stereocenters. The van der Waals surface area contributed by atoms with Crippen LogP contribution in [0.4, 0.5) is 5.69 Å². The minimum Gasteiger partial charge on any atom is -0.396 e. The summed E-state index contributed by atoms with van der Waals surface area (Å²) >= 11 is 6.07. The molecule has 0 saturated carbocycles. The standard InChI is InChI=1S/C14H24ClN3O2/c1-3-4-8-18-14(20)13(15)12(9-17-18)16-7-5-6-11(2)10-19/h9,11,16,19H,3-8,10H2,1-2H3. The SMILES string of the molecule is CCCCn1ncc(NCCCC(C)CO)c(Cl)c1=O. The van der Waals surface area contributed by atoms with Crippen LogP contribution in [0, 0.1) is 5.92 Å². The highest BCUT2D eigenvalue weighted by atomic mass is 35.5. The van der Waals surface area contributed by atoms with Gasteiger partial charge in [-0.05, 0) is 25.2 Å². The Kier molecular flexibility index (Phi) is 7.62. The van der Waals surface area contributed by atoms with Gasteiger partial charge in [0.15, 0.2) is 0 Å². The topological polar surface area (TPSA) is 67.2 Å². The zero-order valence-corrected chi connectivity index (χ0v) is 13.0. The number of halogens is 1. The molecule has 1 rings (SSSR count). The zero-order valence-electron chi connectivity index (χ0n) is 12.2. The summed E-state index contributed by atoms with van der Waals surface area (Å²) in [6.07, 6.45) is 5.37. The summed E-state index contributed by atoms with van der Waals surface area (Å²) in [5.41, 5.74) is 0.343. The molecule has 114 valence electrons. The Labute approximate surface area is 125 Å². The van der Waals surface area contributed by atoms with Crippen molar-refractivity contribution < 1.29 is 5.11 Å². The lowest BCUT2D eigenvalue weighted by Crippen LogP contribution is -2.24. The van der Waals surface area contributed by atoms with E-state index in [1.807, 2.05) is 6.92 Å². The van der Waals surface area contributed by atoms with Crippen molar-refractivity contribution in [2.45, 2.75) is 46.1 Å². The molecule has 0 amide bonds. The van der Waals surface area contributed by atoms with E-state index in [9.17, 15) is 4.79 Å². The quantitative estimate of drug-likeness (QED) is 0.688. The molecule has 0 aliphatic rings. The lowest BCUT2D eigenvalue weighted by molar-refractivity contribution is 0.229. The van der Waals surface area contributed by atoms with Crippen LogP contribution in [-0.4, -0.2) is 28.0 Å². The second-order valence-electron chi connectivity index (χ2n) is 5.11. The van der Waals surface area contributed by atoms with E-state index in [2.05, 4.69) is 17.3 Å². The third-order valence-electron chi connectivity index (χ3n) is 3.21. The summed E-state index contributed by atoms with van der Waals surface area (Å²) in [5.74, 6) is 0.299. The molecular formula is C14H24ClN3O2. The van der Waals surface area contributed by atoms with Gasteiger partial charge < -0.3 is 10.4 Å². The van der Waals surface area contributed by atoms with Gasteiger partial charge in [0.25, 0.3) is 5.56 Å². The maximum Gasteiger partial charge on any atom is 0.287 e. The predicted molar refractivity (Wildman–Crippen MR) is 82.4 cm³/mol. The van der Waals surface area contributed by atoms with Gasteiger partial charge in [0, 0.05) is 19.7 Å². The number of hydrogen-bond acceptors (Lipinski definition) is 4. The van der Waals surface area contributed by atoms with Crippen LogP contribution in [0.5, 0.6) is 0 Å². The number of nitrogens with zero attached hydrogens (tertiary/aromatic N) is 2. The van der Waals surface area contributed by atoms with E-state index in [-0.39, 0.29) is 17.2 Å². The van der Waals surface area contributed by atoms with Crippen molar-refractivity contribution >= 4 is 17.3 Å². The van der Waals surface area contributed by atoms with Crippen molar-refractivity contribution in [3.63, 3.8) is 0 Å². The van der Waals surface area contributed by atoms with Crippen LogP contribution in [0.25, 0.3) is 0 Å². The predicted octanol–water partition coefficient (Wildman–Crippen LogP) is 2.52. The van der Waals surface area contributed by atoms with E-state index in [0.29, 0.717) is 24.7 Å². The lowest BCUT2D eigenvalue weighted by atomic mass is 10.1. The Morgan fingerprint density at radius 3 is 2.90 bits per heavy atom.